The van der Waals surface area contributed by atoms with E-state index in [1.807, 2.05) is 30.0 Å². The first-order valence-electron chi connectivity index (χ1n) is 5.99. The van der Waals surface area contributed by atoms with Crippen LogP contribution in [0.5, 0.6) is 0 Å². The molecule has 2 nitrogen and oxygen atoms in total. The van der Waals surface area contributed by atoms with Gasteiger partial charge in [-0.15, -0.1) is 0 Å². The highest BCUT2D eigenvalue weighted by Gasteiger charge is 2.24. The minimum Gasteiger partial charge on any atom is -0.389 e. The highest BCUT2D eigenvalue weighted by Crippen LogP contribution is 2.32. The fourth-order valence-electron chi connectivity index (χ4n) is 2.29. The molecule has 1 fully saturated rings. The molecule has 0 spiro atoms. The second-order valence-corrected chi connectivity index (χ2v) is 6.56. The van der Waals surface area contributed by atoms with Gasteiger partial charge in [0, 0.05) is 16.9 Å². The molecule has 0 saturated heterocycles. The molecule has 1 aromatic rings. The monoisotopic (exact) mass is 300 g/mol. The molecule has 0 radical (unpaired) electrons. The molecule has 2 atom stereocenters. The lowest BCUT2D eigenvalue weighted by atomic mass is 10.2. The van der Waals surface area contributed by atoms with Crippen molar-refractivity contribution in [3.8, 4) is 0 Å². The van der Waals surface area contributed by atoms with Crippen molar-refractivity contribution in [1.29, 1.82) is 0 Å². The molecule has 2 rings (SSSR count). The van der Waals surface area contributed by atoms with E-state index in [1.54, 1.807) is 0 Å². The molecule has 0 bridgehead atoms. The number of nitrogens with two attached hydrogens (primary N) is 1. The Morgan fingerprint density at radius 2 is 2.28 bits per heavy atom. The summed E-state index contributed by atoms with van der Waals surface area (Å²) in [7, 11) is 0. The van der Waals surface area contributed by atoms with Crippen LogP contribution in [0, 0.1) is 0 Å². The van der Waals surface area contributed by atoms with Gasteiger partial charge in [0.05, 0.1) is 10.7 Å². The van der Waals surface area contributed by atoms with Gasteiger partial charge in [0.25, 0.3) is 0 Å². The summed E-state index contributed by atoms with van der Waals surface area (Å²) >= 11 is 13.1. The summed E-state index contributed by atoms with van der Waals surface area (Å²) in [6.45, 7) is 0. The van der Waals surface area contributed by atoms with Gasteiger partial charge in [-0.1, -0.05) is 23.8 Å². The van der Waals surface area contributed by atoms with Gasteiger partial charge in [-0.3, -0.25) is 0 Å². The molecular weight excluding hydrogens is 284 g/mol. The second kappa shape index (κ2) is 6.13. The van der Waals surface area contributed by atoms with Gasteiger partial charge in [0.15, 0.2) is 0 Å². The number of thioether (sulfide) groups is 1. The minimum absolute atomic E-state index is 0.381. The van der Waals surface area contributed by atoms with Gasteiger partial charge < -0.3 is 11.1 Å². The van der Waals surface area contributed by atoms with Crippen molar-refractivity contribution in [2.45, 2.75) is 30.6 Å². The quantitative estimate of drug-likeness (QED) is 0.832. The van der Waals surface area contributed by atoms with E-state index < -0.39 is 0 Å². The van der Waals surface area contributed by atoms with Gasteiger partial charge in [0.2, 0.25) is 0 Å². The third kappa shape index (κ3) is 3.31. The Balaban J connectivity index is 2.04. The van der Waals surface area contributed by atoms with E-state index in [0.29, 0.717) is 16.1 Å². The van der Waals surface area contributed by atoms with Gasteiger partial charge in [-0.2, -0.15) is 11.8 Å². The van der Waals surface area contributed by atoms with Crippen molar-refractivity contribution in [1.82, 2.24) is 0 Å². The Kier molecular flexibility index (Phi) is 4.76. The molecular formula is C13H17ClN2S2. The van der Waals surface area contributed by atoms with Gasteiger partial charge in [-0.05, 0) is 43.7 Å². The molecule has 1 aliphatic rings. The summed E-state index contributed by atoms with van der Waals surface area (Å²) in [5.74, 6) is 0. The molecule has 2 unspecified atom stereocenters. The first-order valence-corrected chi connectivity index (χ1v) is 8.06. The Morgan fingerprint density at radius 3 is 2.83 bits per heavy atom. The molecule has 1 aromatic carbocycles. The van der Waals surface area contributed by atoms with Crippen molar-refractivity contribution in [3.63, 3.8) is 0 Å². The second-order valence-electron chi connectivity index (χ2n) is 4.57. The third-order valence-corrected chi connectivity index (χ3v) is 4.97. The number of thiocarbonyl (C=S) groups is 1. The maximum Gasteiger partial charge on any atom is 0.104 e. The van der Waals surface area contributed by atoms with E-state index in [9.17, 15) is 0 Å². The van der Waals surface area contributed by atoms with E-state index in [-0.39, 0.29) is 0 Å². The van der Waals surface area contributed by atoms with Crippen molar-refractivity contribution >= 4 is 46.3 Å². The fourth-order valence-corrected chi connectivity index (χ4v) is 3.45. The predicted molar refractivity (Wildman–Crippen MR) is 85.9 cm³/mol. The first-order chi connectivity index (χ1) is 8.60. The summed E-state index contributed by atoms with van der Waals surface area (Å²) in [4.78, 5) is 0.381. The molecule has 0 aliphatic heterocycles. The number of nitrogens with one attached hydrogen (secondary N) is 1. The molecule has 3 N–H and O–H groups in total. The molecule has 18 heavy (non-hydrogen) atoms. The van der Waals surface area contributed by atoms with Crippen LogP contribution in [-0.2, 0) is 0 Å². The van der Waals surface area contributed by atoms with Crippen LogP contribution in [0.15, 0.2) is 18.2 Å². The predicted octanol–water partition coefficient (Wildman–Crippen LogP) is 3.67. The average Bonchev–Trinajstić information content (AvgIpc) is 2.79. The van der Waals surface area contributed by atoms with Crippen LogP contribution in [-0.4, -0.2) is 22.5 Å². The van der Waals surface area contributed by atoms with E-state index in [2.05, 4.69) is 11.6 Å². The molecule has 1 saturated carbocycles. The average molecular weight is 301 g/mol. The van der Waals surface area contributed by atoms with Crippen LogP contribution < -0.4 is 11.1 Å². The normalized spacial score (nSPS) is 23.0. The number of hydrogen-bond donors (Lipinski definition) is 2. The lowest BCUT2D eigenvalue weighted by Crippen LogP contribution is -2.16. The number of hydrogen-bond acceptors (Lipinski definition) is 3. The SMILES string of the molecule is CSC1CCC(Nc2ccc(C(N)=S)cc2Cl)C1. The van der Waals surface area contributed by atoms with E-state index >= 15 is 0 Å². The Bertz CT molecular complexity index is 451. The molecule has 5 heteroatoms. The largest absolute Gasteiger partial charge is 0.389 e. The lowest BCUT2D eigenvalue weighted by molar-refractivity contribution is 0.757. The Labute approximate surface area is 123 Å². The van der Waals surface area contributed by atoms with Crippen LogP contribution in [0.25, 0.3) is 0 Å². The molecule has 0 heterocycles. The lowest BCUT2D eigenvalue weighted by Gasteiger charge is -2.16. The zero-order chi connectivity index (χ0) is 13.1. The number of anilines is 1. The summed E-state index contributed by atoms with van der Waals surface area (Å²) in [6.07, 6.45) is 5.87. The zero-order valence-electron chi connectivity index (χ0n) is 10.3. The standard InChI is InChI=1S/C13H17ClN2S2/c1-18-10-4-3-9(7-10)16-12-5-2-8(13(15)17)6-11(12)14/h2,5-6,9-10,16H,3-4,7H2,1H3,(H2,15,17). The van der Waals surface area contributed by atoms with Crippen LogP contribution in [0.4, 0.5) is 5.69 Å². The van der Waals surface area contributed by atoms with Crippen molar-refractivity contribution in [3.05, 3.63) is 28.8 Å². The molecule has 1 aliphatic carbocycles. The summed E-state index contributed by atoms with van der Waals surface area (Å²) in [5.41, 5.74) is 7.37. The first kappa shape index (κ1) is 14.0. The summed E-state index contributed by atoms with van der Waals surface area (Å²) < 4.78 is 0. The van der Waals surface area contributed by atoms with Crippen LogP contribution in [0.2, 0.25) is 5.02 Å². The number of rotatable bonds is 4. The van der Waals surface area contributed by atoms with Crippen molar-refractivity contribution in [2.24, 2.45) is 5.73 Å². The maximum absolute atomic E-state index is 6.24. The van der Waals surface area contributed by atoms with Crippen molar-refractivity contribution in [2.75, 3.05) is 11.6 Å². The number of benzene rings is 1. The Hall–Kier alpha value is -0.450. The summed E-state index contributed by atoms with van der Waals surface area (Å²) in [5, 5.41) is 4.97. The van der Waals surface area contributed by atoms with Crippen molar-refractivity contribution < 1.29 is 0 Å². The third-order valence-electron chi connectivity index (χ3n) is 3.33. The zero-order valence-corrected chi connectivity index (χ0v) is 12.7. The molecule has 0 amide bonds. The minimum atomic E-state index is 0.381. The highest BCUT2D eigenvalue weighted by molar-refractivity contribution is 7.99. The maximum atomic E-state index is 6.24. The molecule has 0 aromatic heterocycles. The smallest absolute Gasteiger partial charge is 0.104 e. The van der Waals surface area contributed by atoms with Gasteiger partial charge in [0.1, 0.15) is 4.99 Å². The Morgan fingerprint density at radius 1 is 1.50 bits per heavy atom. The number of halogens is 1. The van der Waals surface area contributed by atoms with E-state index in [1.165, 1.54) is 19.3 Å². The topological polar surface area (TPSA) is 38.0 Å². The van der Waals surface area contributed by atoms with Crippen LogP contribution >= 0.6 is 35.6 Å². The van der Waals surface area contributed by atoms with Crippen LogP contribution in [0.1, 0.15) is 24.8 Å². The van der Waals surface area contributed by atoms with E-state index in [4.69, 9.17) is 29.6 Å². The molecule has 98 valence electrons. The van der Waals surface area contributed by atoms with E-state index in [0.717, 1.165) is 16.5 Å². The summed E-state index contributed by atoms with van der Waals surface area (Å²) in [6, 6.07) is 6.23. The fraction of sp³-hybridized carbons (Fsp3) is 0.462. The highest BCUT2D eigenvalue weighted by atomic mass is 35.5. The van der Waals surface area contributed by atoms with Gasteiger partial charge in [-0.25, -0.2) is 0 Å². The van der Waals surface area contributed by atoms with Gasteiger partial charge >= 0.3 is 0 Å². The van der Waals surface area contributed by atoms with Crippen LogP contribution in [0.3, 0.4) is 0 Å².